The van der Waals surface area contributed by atoms with E-state index < -0.39 is 6.10 Å². The van der Waals surface area contributed by atoms with Gasteiger partial charge >= 0.3 is 0 Å². The highest BCUT2D eigenvalue weighted by molar-refractivity contribution is 6.32. The van der Waals surface area contributed by atoms with Crippen LogP contribution in [0.15, 0.2) is 12.1 Å². The molecule has 1 aromatic rings. The average Bonchev–Trinajstić information content (AvgIpc) is 2.24. The number of hydrogen-bond acceptors (Lipinski definition) is 3. The normalized spacial score (nSPS) is 12.6. The van der Waals surface area contributed by atoms with E-state index in [9.17, 15) is 4.39 Å². The largest absolute Gasteiger partial charge is 0.489 e. The SMILES string of the molecule is Cc1c(F)ccc(OC[C@H](O)CN)c1Cl. The summed E-state index contributed by atoms with van der Waals surface area (Å²) < 4.78 is 18.2. The molecular weight excluding hydrogens is 221 g/mol. The zero-order valence-corrected chi connectivity index (χ0v) is 9.09. The first-order chi connectivity index (χ1) is 7.06. The molecule has 0 fully saturated rings. The third-order valence-corrected chi connectivity index (χ3v) is 2.46. The monoisotopic (exact) mass is 233 g/mol. The Balaban J connectivity index is 2.74. The summed E-state index contributed by atoms with van der Waals surface area (Å²) in [6.45, 7) is 1.71. The van der Waals surface area contributed by atoms with Crippen LogP contribution in [0.1, 0.15) is 5.56 Å². The van der Waals surface area contributed by atoms with Gasteiger partial charge in [0.15, 0.2) is 0 Å². The van der Waals surface area contributed by atoms with E-state index in [2.05, 4.69) is 0 Å². The summed E-state index contributed by atoms with van der Waals surface area (Å²) in [6, 6.07) is 2.69. The van der Waals surface area contributed by atoms with Crippen LogP contribution in [-0.4, -0.2) is 24.4 Å². The Bertz CT molecular complexity index is 346. The lowest BCUT2D eigenvalue weighted by Gasteiger charge is -2.12. The molecule has 5 heteroatoms. The molecule has 0 unspecified atom stereocenters. The molecule has 0 spiro atoms. The summed E-state index contributed by atoms with van der Waals surface area (Å²) in [4.78, 5) is 0. The number of nitrogens with two attached hydrogens (primary N) is 1. The molecule has 0 aliphatic rings. The van der Waals surface area contributed by atoms with Crippen LogP contribution >= 0.6 is 11.6 Å². The predicted octanol–water partition coefficient (Wildman–Crippen LogP) is 1.49. The standard InChI is InChI=1S/C10H13ClFNO2/c1-6-8(12)2-3-9(10(6)11)15-5-7(14)4-13/h2-3,7,14H,4-5,13H2,1H3/t7-/m1/s1. The number of aliphatic hydroxyl groups excluding tert-OH is 1. The molecule has 0 aromatic heterocycles. The minimum Gasteiger partial charge on any atom is -0.489 e. The quantitative estimate of drug-likeness (QED) is 0.829. The highest BCUT2D eigenvalue weighted by atomic mass is 35.5. The van der Waals surface area contributed by atoms with Crippen molar-refractivity contribution >= 4 is 11.6 Å². The maximum atomic E-state index is 13.0. The summed E-state index contributed by atoms with van der Waals surface area (Å²) in [6.07, 6.45) is -0.744. The van der Waals surface area contributed by atoms with Gasteiger partial charge in [-0.3, -0.25) is 0 Å². The minimum atomic E-state index is -0.744. The maximum absolute atomic E-state index is 13.0. The van der Waals surface area contributed by atoms with Crippen LogP contribution in [0.2, 0.25) is 5.02 Å². The number of aliphatic hydroxyl groups is 1. The Morgan fingerprint density at radius 3 is 2.87 bits per heavy atom. The van der Waals surface area contributed by atoms with E-state index in [1.54, 1.807) is 6.92 Å². The lowest BCUT2D eigenvalue weighted by Crippen LogP contribution is -2.26. The fourth-order valence-corrected chi connectivity index (χ4v) is 1.21. The van der Waals surface area contributed by atoms with Crippen molar-refractivity contribution in [2.24, 2.45) is 5.73 Å². The fourth-order valence-electron chi connectivity index (χ4n) is 1.00. The molecule has 0 bridgehead atoms. The Morgan fingerprint density at radius 2 is 2.27 bits per heavy atom. The second-order valence-corrected chi connectivity index (χ2v) is 3.56. The van der Waals surface area contributed by atoms with Crippen LogP contribution in [0.4, 0.5) is 4.39 Å². The molecule has 3 N–H and O–H groups in total. The van der Waals surface area contributed by atoms with E-state index in [1.807, 2.05) is 0 Å². The van der Waals surface area contributed by atoms with Gasteiger partial charge in [-0.2, -0.15) is 0 Å². The van der Waals surface area contributed by atoms with E-state index in [1.165, 1.54) is 12.1 Å². The van der Waals surface area contributed by atoms with Crippen molar-refractivity contribution in [1.29, 1.82) is 0 Å². The molecule has 0 saturated carbocycles. The van der Waals surface area contributed by atoms with Crippen molar-refractivity contribution in [3.63, 3.8) is 0 Å². The van der Waals surface area contributed by atoms with Gasteiger partial charge in [0.25, 0.3) is 0 Å². The molecule has 1 rings (SSSR count). The average molecular weight is 234 g/mol. The van der Waals surface area contributed by atoms with Crippen molar-refractivity contribution in [3.05, 3.63) is 28.5 Å². The van der Waals surface area contributed by atoms with Gasteiger partial charge in [0.05, 0.1) is 5.02 Å². The Hall–Kier alpha value is -0.840. The zero-order chi connectivity index (χ0) is 11.4. The van der Waals surface area contributed by atoms with E-state index in [0.29, 0.717) is 11.3 Å². The second-order valence-electron chi connectivity index (χ2n) is 3.19. The van der Waals surface area contributed by atoms with Crippen molar-refractivity contribution in [1.82, 2.24) is 0 Å². The van der Waals surface area contributed by atoms with Crippen molar-refractivity contribution in [3.8, 4) is 5.75 Å². The molecular formula is C10H13ClFNO2. The van der Waals surface area contributed by atoms with Crippen LogP contribution in [0, 0.1) is 12.7 Å². The topological polar surface area (TPSA) is 55.5 Å². The number of ether oxygens (including phenoxy) is 1. The highest BCUT2D eigenvalue weighted by Gasteiger charge is 2.10. The van der Waals surface area contributed by atoms with Gasteiger partial charge in [-0.1, -0.05) is 11.6 Å². The van der Waals surface area contributed by atoms with Crippen LogP contribution in [0.3, 0.4) is 0 Å². The van der Waals surface area contributed by atoms with Gasteiger partial charge in [-0.05, 0) is 19.1 Å². The second kappa shape index (κ2) is 5.30. The van der Waals surface area contributed by atoms with E-state index >= 15 is 0 Å². The zero-order valence-electron chi connectivity index (χ0n) is 8.34. The van der Waals surface area contributed by atoms with E-state index in [0.717, 1.165) is 0 Å². The van der Waals surface area contributed by atoms with E-state index in [-0.39, 0.29) is 24.0 Å². The first-order valence-electron chi connectivity index (χ1n) is 4.51. The van der Waals surface area contributed by atoms with Crippen LogP contribution in [-0.2, 0) is 0 Å². The van der Waals surface area contributed by atoms with Crippen LogP contribution in [0.5, 0.6) is 5.75 Å². The number of hydrogen-bond donors (Lipinski definition) is 2. The molecule has 0 aliphatic carbocycles. The summed E-state index contributed by atoms with van der Waals surface area (Å²) in [5.41, 5.74) is 5.54. The number of rotatable bonds is 4. The molecule has 0 saturated heterocycles. The number of halogens is 2. The molecule has 0 heterocycles. The van der Waals surface area contributed by atoms with E-state index in [4.69, 9.17) is 27.2 Å². The smallest absolute Gasteiger partial charge is 0.138 e. The first kappa shape index (κ1) is 12.2. The fraction of sp³-hybridized carbons (Fsp3) is 0.400. The lowest BCUT2D eigenvalue weighted by molar-refractivity contribution is 0.114. The van der Waals surface area contributed by atoms with Crippen LogP contribution in [0.25, 0.3) is 0 Å². The molecule has 0 radical (unpaired) electrons. The summed E-state index contributed by atoms with van der Waals surface area (Å²) in [5.74, 6) is -0.0326. The Morgan fingerprint density at radius 1 is 1.60 bits per heavy atom. The molecule has 0 amide bonds. The molecule has 84 valence electrons. The number of benzene rings is 1. The Kier molecular flexibility index (Phi) is 4.32. The molecule has 1 aromatic carbocycles. The predicted molar refractivity (Wildman–Crippen MR) is 56.7 cm³/mol. The maximum Gasteiger partial charge on any atom is 0.138 e. The highest BCUT2D eigenvalue weighted by Crippen LogP contribution is 2.29. The first-order valence-corrected chi connectivity index (χ1v) is 4.89. The van der Waals surface area contributed by atoms with Crippen LogP contribution < -0.4 is 10.5 Å². The lowest BCUT2D eigenvalue weighted by atomic mass is 10.2. The van der Waals surface area contributed by atoms with Crippen molar-refractivity contribution in [2.45, 2.75) is 13.0 Å². The third kappa shape index (κ3) is 3.06. The van der Waals surface area contributed by atoms with Gasteiger partial charge in [0.1, 0.15) is 24.3 Å². The van der Waals surface area contributed by atoms with Crippen molar-refractivity contribution in [2.75, 3.05) is 13.2 Å². The summed E-state index contributed by atoms with van der Waals surface area (Å²) in [5, 5.41) is 9.39. The Labute approximate surface area is 92.6 Å². The van der Waals surface area contributed by atoms with Gasteiger partial charge in [0, 0.05) is 12.1 Å². The molecule has 15 heavy (non-hydrogen) atoms. The third-order valence-electron chi connectivity index (χ3n) is 1.99. The van der Waals surface area contributed by atoms with Crippen molar-refractivity contribution < 1.29 is 14.2 Å². The van der Waals surface area contributed by atoms with Gasteiger partial charge in [-0.15, -0.1) is 0 Å². The summed E-state index contributed by atoms with van der Waals surface area (Å²) >= 11 is 5.85. The minimum absolute atomic E-state index is 0.0429. The summed E-state index contributed by atoms with van der Waals surface area (Å²) in [7, 11) is 0. The van der Waals surface area contributed by atoms with Gasteiger partial charge < -0.3 is 15.6 Å². The molecule has 1 atom stereocenters. The molecule has 0 aliphatic heterocycles. The van der Waals surface area contributed by atoms with Gasteiger partial charge in [-0.25, -0.2) is 4.39 Å². The van der Waals surface area contributed by atoms with Gasteiger partial charge in [0.2, 0.25) is 0 Å². The molecule has 3 nitrogen and oxygen atoms in total.